The van der Waals surface area contributed by atoms with Crippen LogP contribution < -0.4 is 4.74 Å². The zero-order chi connectivity index (χ0) is 15.4. The van der Waals surface area contributed by atoms with Gasteiger partial charge in [-0.15, -0.1) is 0 Å². The SMILES string of the molecule is O=Cc1cc(Br)c(OCc2cccc([N+](=O)[O-])c2)c(I)c1. The quantitative estimate of drug-likeness (QED) is 0.287. The highest BCUT2D eigenvalue weighted by Gasteiger charge is 2.10. The van der Waals surface area contributed by atoms with E-state index < -0.39 is 4.92 Å². The van der Waals surface area contributed by atoms with Crippen LogP contribution in [0.2, 0.25) is 0 Å². The minimum atomic E-state index is -0.442. The number of benzene rings is 2. The van der Waals surface area contributed by atoms with Crippen LogP contribution in [0.5, 0.6) is 5.75 Å². The van der Waals surface area contributed by atoms with Crippen molar-refractivity contribution in [1.82, 2.24) is 0 Å². The van der Waals surface area contributed by atoms with E-state index in [-0.39, 0.29) is 12.3 Å². The highest BCUT2D eigenvalue weighted by atomic mass is 127. The Bertz CT molecular complexity index is 682. The van der Waals surface area contributed by atoms with Crippen molar-refractivity contribution < 1.29 is 14.5 Å². The van der Waals surface area contributed by atoms with E-state index in [0.717, 1.165) is 9.86 Å². The van der Waals surface area contributed by atoms with Crippen LogP contribution in [-0.2, 0) is 6.61 Å². The molecule has 0 bridgehead atoms. The van der Waals surface area contributed by atoms with Crippen molar-refractivity contribution >= 4 is 50.5 Å². The van der Waals surface area contributed by atoms with Gasteiger partial charge in [0.2, 0.25) is 0 Å². The number of nitro benzene ring substituents is 1. The maximum atomic E-state index is 10.8. The predicted molar refractivity (Wildman–Crippen MR) is 89.7 cm³/mol. The molecule has 5 nitrogen and oxygen atoms in total. The molecular weight excluding hydrogens is 453 g/mol. The monoisotopic (exact) mass is 461 g/mol. The Morgan fingerprint density at radius 1 is 1.33 bits per heavy atom. The van der Waals surface area contributed by atoms with E-state index in [1.807, 2.05) is 0 Å². The summed E-state index contributed by atoms with van der Waals surface area (Å²) in [5, 5.41) is 10.7. The highest BCUT2D eigenvalue weighted by molar-refractivity contribution is 14.1. The van der Waals surface area contributed by atoms with Crippen LogP contribution in [0.15, 0.2) is 40.9 Å². The summed E-state index contributed by atoms with van der Waals surface area (Å²) in [4.78, 5) is 21.1. The smallest absolute Gasteiger partial charge is 0.269 e. The van der Waals surface area contributed by atoms with Gasteiger partial charge in [-0.1, -0.05) is 12.1 Å². The number of nitro groups is 1. The second kappa shape index (κ2) is 6.99. The number of halogens is 2. The van der Waals surface area contributed by atoms with Crippen LogP contribution in [0, 0.1) is 13.7 Å². The fourth-order valence-electron chi connectivity index (χ4n) is 1.70. The van der Waals surface area contributed by atoms with E-state index in [0.29, 0.717) is 21.3 Å². The molecule has 7 heteroatoms. The van der Waals surface area contributed by atoms with Gasteiger partial charge >= 0.3 is 0 Å². The van der Waals surface area contributed by atoms with Crippen LogP contribution in [0.4, 0.5) is 5.69 Å². The third-order valence-corrected chi connectivity index (χ3v) is 4.05. The van der Waals surface area contributed by atoms with Gasteiger partial charge in [0.1, 0.15) is 18.6 Å². The summed E-state index contributed by atoms with van der Waals surface area (Å²) in [6.07, 6.45) is 0.761. The molecule has 108 valence electrons. The van der Waals surface area contributed by atoms with Crippen molar-refractivity contribution in [1.29, 1.82) is 0 Å². The lowest BCUT2D eigenvalue weighted by atomic mass is 10.2. The van der Waals surface area contributed by atoms with Gasteiger partial charge in [0.05, 0.1) is 13.0 Å². The average Bonchev–Trinajstić information content (AvgIpc) is 2.46. The second-order valence-corrected chi connectivity index (χ2v) is 6.16. The summed E-state index contributed by atoms with van der Waals surface area (Å²) >= 11 is 5.43. The van der Waals surface area contributed by atoms with E-state index in [9.17, 15) is 14.9 Å². The molecule has 0 heterocycles. The van der Waals surface area contributed by atoms with Crippen LogP contribution in [-0.4, -0.2) is 11.2 Å². The minimum Gasteiger partial charge on any atom is -0.487 e. The predicted octanol–water partition coefficient (Wildman–Crippen LogP) is 4.35. The average molecular weight is 462 g/mol. The lowest BCUT2D eigenvalue weighted by molar-refractivity contribution is -0.384. The number of nitrogens with zero attached hydrogens (tertiary/aromatic N) is 1. The second-order valence-electron chi connectivity index (χ2n) is 4.15. The summed E-state index contributed by atoms with van der Waals surface area (Å²) in [6, 6.07) is 9.65. The zero-order valence-corrected chi connectivity index (χ0v) is 14.3. The maximum absolute atomic E-state index is 10.8. The van der Waals surface area contributed by atoms with Gasteiger partial charge in [0.25, 0.3) is 5.69 Å². The molecule has 0 atom stereocenters. The minimum absolute atomic E-state index is 0.0289. The molecule has 0 aromatic heterocycles. The molecule has 21 heavy (non-hydrogen) atoms. The molecule has 0 N–H and O–H groups in total. The van der Waals surface area contributed by atoms with Crippen LogP contribution in [0.25, 0.3) is 0 Å². The topological polar surface area (TPSA) is 69.4 Å². The summed E-state index contributed by atoms with van der Waals surface area (Å²) in [5.41, 5.74) is 1.28. The van der Waals surface area contributed by atoms with E-state index >= 15 is 0 Å². The van der Waals surface area contributed by atoms with E-state index in [1.54, 1.807) is 24.3 Å². The Balaban J connectivity index is 2.18. The highest BCUT2D eigenvalue weighted by Crippen LogP contribution is 2.32. The van der Waals surface area contributed by atoms with Crippen molar-refractivity contribution in [3.05, 3.63) is 65.7 Å². The maximum Gasteiger partial charge on any atom is 0.269 e. The molecule has 2 aromatic rings. The van der Waals surface area contributed by atoms with Gasteiger partial charge in [0, 0.05) is 17.7 Å². The van der Waals surface area contributed by atoms with E-state index in [1.165, 1.54) is 12.1 Å². The fraction of sp³-hybridized carbons (Fsp3) is 0.0714. The summed E-state index contributed by atoms with van der Waals surface area (Å²) < 4.78 is 7.15. The zero-order valence-electron chi connectivity index (χ0n) is 10.6. The van der Waals surface area contributed by atoms with Gasteiger partial charge in [-0.2, -0.15) is 0 Å². The van der Waals surface area contributed by atoms with Crippen LogP contribution in [0.1, 0.15) is 15.9 Å². The number of hydrogen-bond donors (Lipinski definition) is 0. The lowest BCUT2D eigenvalue weighted by Gasteiger charge is -2.11. The molecule has 0 aliphatic carbocycles. The Morgan fingerprint density at radius 3 is 2.71 bits per heavy atom. The fourth-order valence-corrected chi connectivity index (χ4v) is 3.47. The molecule has 0 saturated carbocycles. The van der Waals surface area contributed by atoms with Gasteiger partial charge in [-0.05, 0) is 56.2 Å². The molecule has 2 aromatic carbocycles. The number of ether oxygens (including phenoxy) is 1. The van der Waals surface area contributed by atoms with E-state index in [2.05, 4.69) is 38.5 Å². The first-order valence-corrected chi connectivity index (χ1v) is 7.69. The van der Waals surface area contributed by atoms with Crippen molar-refractivity contribution in [2.45, 2.75) is 6.61 Å². The molecule has 0 aliphatic rings. The normalized spacial score (nSPS) is 10.2. The number of hydrogen-bond acceptors (Lipinski definition) is 4. The molecule has 0 aliphatic heterocycles. The molecule has 0 amide bonds. The molecule has 0 fully saturated rings. The van der Waals surface area contributed by atoms with Crippen LogP contribution in [0.3, 0.4) is 0 Å². The Morgan fingerprint density at radius 2 is 2.10 bits per heavy atom. The largest absolute Gasteiger partial charge is 0.487 e. The summed E-state index contributed by atoms with van der Waals surface area (Å²) in [7, 11) is 0. The number of carbonyl (C=O) groups excluding carboxylic acids is 1. The number of aldehydes is 1. The van der Waals surface area contributed by atoms with Gasteiger partial charge < -0.3 is 4.74 Å². The molecular formula is C14H9BrINO4. The van der Waals surface area contributed by atoms with Gasteiger partial charge in [-0.25, -0.2) is 0 Å². The molecule has 2 rings (SSSR count). The Labute approximate surface area is 142 Å². The number of rotatable bonds is 5. The van der Waals surface area contributed by atoms with Crippen LogP contribution >= 0.6 is 38.5 Å². The Hall–Kier alpha value is -1.48. The standard InChI is InChI=1S/C14H9BrINO4/c15-12-5-10(7-18)6-13(16)14(12)21-8-9-2-1-3-11(4-9)17(19)20/h1-7H,8H2. The first-order valence-electron chi connectivity index (χ1n) is 5.81. The third kappa shape index (κ3) is 4.01. The molecule has 0 saturated heterocycles. The van der Waals surface area contributed by atoms with Crippen molar-refractivity contribution in [3.63, 3.8) is 0 Å². The first kappa shape index (κ1) is 15.9. The summed E-state index contributed by atoms with van der Waals surface area (Å²) in [5.74, 6) is 0.604. The van der Waals surface area contributed by atoms with Gasteiger partial charge in [0.15, 0.2) is 0 Å². The van der Waals surface area contributed by atoms with Gasteiger partial charge in [-0.3, -0.25) is 14.9 Å². The van der Waals surface area contributed by atoms with Crippen molar-refractivity contribution in [2.24, 2.45) is 0 Å². The molecule has 0 unspecified atom stereocenters. The Kier molecular flexibility index (Phi) is 5.29. The number of non-ortho nitro benzene ring substituents is 1. The summed E-state index contributed by atoms with van der Waals surface area (Å²) in [6.45, 7) is 0.205. The first-order chi connectivity index (χ1) is 10.0. The van der Waals surface area contributed by atoms with Crippen molar-refractivity contribution in [3.8, 4) is 5.75 Å². The molecule has 0 spiro atoms. The van der Waals surface area contributed by atoms with Crippen molar-refractivity contribution in [2.75, 3.05) is 0 Å². The van der Waals surface area contributed by atoms with E-state index in [4.69, 9.17) is 4.74 Å². The molecule has 0 radical (unpaired) electrons. The third-order valence-electron chi connectivity index (χ3n) is 2.66. The number of carbonyl (C=O) groups is 1. The lowest BCUT2D eigenvalue weighted by Crippen LogP contribution is -1.99.